The van der Waals surface area contributed by atoms with Crippen LogP contribution in [0.3, 0.4) is 0 Å². The molecule has 2 heterocycles. The van der Waals surface area contributed by atoms with Crippen LogP contribution < -0.4 is 15.4 Å². The Balaban J connectivity index is 1.54. The Hall–Kier alpha value is -2.43. The minimum Gasteiger partial charge on any atom is -0.479 e. The van der Waals surface area contributed by atoms with Crippen molar-refractivity contribution in [2.45, 2.75) is 44.6 Å². The molecule has 2 N–H and O–H groups in total. The molecule has 2 aromatic carbocycles. The van der Waals surface area contributed by atoms with Gasteiger partial charge in [0.05, 0.1) is 22.2 Å². The van der Waals surface area contributed by atoms with Crippen LogP contribution in [0.1, 0.15) is 30.9 Å². The van der Waals surface area contributed by atoms with Crippen molar-refractivity contribution < 1.29 is 22.7 Å². The van der Waals surface area contributed by atoms with Gasteiger partial charge in [-0.25, -0.2) is 8.42 Å². The highest BCUT2D eigenvalue weighted by Gasteiger charge is 2.35. The van der Waals surface area contributed by atoms with E-state index in [1.54, 1.807) is 19.9 Å². The number of hydrogen-bond acceptors (Lipinski definition) is 5. The molecule has 2 aromatic rings. The molecule has 0 aromatic heterocycles. The molecule has 2 amide bonds. The maximum Gasteiger partial charge on any atom is 0.265 e. The lowest BCUT2D eigenvalue weighted by Gasteiger charge is -2.32. The summed E-state index contributed by atoms with van der Waals surface area (Å²) in [4.78, 5) is 24.9. The van der Waals surface area contributed by atoms with Gasteiger partial charge < -0.3 is 15.4 Å². The fourth-order valence-electron chi connectivity index (χ4n) is 4.09. The zero-order valence-corrected chi connectivity index (χ0v) is 21.0. The van der Waals surface area contributed by atoms with Gasteiger partial charge in [-0.05, 0) is 78.9 Å². The summed E-state index contributed by atoms with van der Waals surface area (Å²) in [6.45, 7) is 5.68. The average molecular weight is 536 g/mol. The fourth-order valence-corrected chi connectivity index (χ4v) is 6.43. The molecular weight excluding hydrogens is 510 g/mol. The van der Waals surface area contributed by atoms with Gasteiger partial charge in [-0.3, -0.25) is 9.59 Å². The smallest absolute Gasteiger partial charge is 0.265 e. The summed E-state index contributed by atoms with van der Waals surface area (Å²) in [6, 6.07) is 8.71. The van der Waals surface area contributed by atoms with Crippen molar-refractivity contribution in [2.24, 2.45) is 5.92 Å². The highest BCUT2D eigenvalue weighted by molar-refractivity contribution is 9.10. The fraction of sp³-hybridized carbons (Fsp3) is 0.391. The van der Waals surface area contributed by atoms with Gasteiger partial charge in [-0.15, -0.1) is 0 Å². The van der Waals surface area contributed by atoms with Crippen LogP contribution in [0.15, 0.2) is 39.7 Å². The van der Waals surface area contributed by atoms with E-state index < -0.39 is 22.0 Å². The number of piperidine rings is 1. The molecule has 0 saturated carbocycles. The van der Waals surface area contributed by atoms with Gasteiger partial charge in [0.25, 0.3) is 5.91 Å². The largest absolute Gasteiger partial charge is 0.479 e. The van der Waals surface area contributed by atoms with E-state index in [9.17, 15) is 18.0 Å². The number of ether oxygens (including phenoxy) is 1. The molecule has 0 spiro atoms. The molecule has 8 nitrogen and oxygen atoms in total. The van der Waals surface area contributed by atoms with Crippen LogP contribution in [0, 0.1) is 19.8 Å². The second kappa shape index (κ2) is 9.08. The second-order valence-corrected chi connectivity index (χ2v) is 11.3. The highest BCUT2D eigenvalue weighted by Crippen LogP contribution is 2.36. The number of fused-ring (bicyclic) bond motifs is 1. The molecule has 176 valence electrons. The number of hydrogen-bond donors (Lipinski definition) is 2. The molecule has 33 heavy (non-hydrogen) atoms. The Bertz CT molecular complexity index is 1230. The van der Waals surface area contributed by atoms with Crippen molar-refractivity contribution in [1.82, 2.24) is 4.31 Å². The van der Waals surface area contributed by atoms with Gasteiger partial charge in [-0.2, -0.15) is 4.31 Å². The summed E-state index contributed by atoms with van der Waals surface area (Å²) in [6.07, 6.45) is 0.483. The topological polar surface area (TPSA) is 105 Å². The lowest BCUT2D eigenvalue weighted by Crippen LogP contribution is -2.44. The van der Waals surface area contributed by atoms with Crippen LogP contribution in [0.25, 0.3) is 0 Å². The predicted octanol–water partition coefficient (Wildman–Crippen LogP) is 3.82. The Kier molecular flexibility index (Phi) is 6.52. The summed E-state index contributed by atoms with van der Waals surface area (Å²) in [7, 11) is -3.86. The van der Waals surface area contributed by atoms with E-state index in [1.165, 1.54) is 10.4 Å². The molecular formula is C23H26BrN3O5S. The molecule has 4 rings (SSSR count). The number of benzene rings is 2. The lowest BCUT2D eigenvalue weighted by molar-refractivity contribution is -0.123. The van der Waals surface area contributed by atoms with Gasteiger partial charge in [0.2, 0.25) is 15.9 Å². The summed E-state index contributed by atoms with van der Waals surface area (Å²) in [5.74, 6) is -0.624. The van der Waals surface area contributed by atoms with E-state index in [0.717, 1.165) is 10.0 Å². The zero-order chi connectivity index (χ0) is 23.9. The minimum absolute atomic E-state index is 0.0994. The molecule has 10 heteroatoms. The molecule has 0 radical (unpaired) electrons. The maximum atomic E-state index is 13.5. The molecule has 2 atom stereocenters. The molecule has 0 bridgehead atoms. The third-order valence-corrected chi connectivity index (χ3v) is 8.63. The molecule has 1 fully saturated rings. The van der Waals surface area contributed by atoms with Crippen LogP contribution in [0.5, 0.6) is 5.75 Å². The monoisotopic (exact) mass is 535 g/mol. The van der Waals surface area contributed by atoms with Crippen LogP contribution in [-0.2, 0) is 19.6 Å². The van der Waals surface area contributed by atoms with Crippen molar-refractivity contribution in [3.05, 3.63) is 45.9 Å². The normalized spacial score (nSPS) is 21.0. The van der Waals surface area contributed by atoms with E-state index in [4.69, 9.17) is 4.74 Å². The van der Waals surface area contributed by atoms with E-state index in [0.29, 0.717) is 42.1 Å². The Morgan fingerprint density at radius 3 is 2.73 bits per heavy atom. The summed E-state index contributed by atoms with van der Waals surface area (Å²) < 4.78 is 34.8. The quantitative estimate of drug-likeness (QED) is 0.619. The van der Waals surface area contributed by atoms with E-state index >= 15 is 0 Å². The number of aryl methyl sites for hydroxylation is 2. The van der Waals surface area contributed by atoms with Crippen molar-refractivity contribution in [3.8, 4) is 5.75 Å². The van der Waals surface area contributed by atoms with Crippen LogP contribution in [-0.4, -0.2) is 43.7 Å². The zero-order valence-electron chi connectivity index (χ0n) is 18.6. The average Bonchev–Trinajstić information content (AvgIpc) is 2.76. The number of rotatable bonds is 4. The highest BCUT2D eigenvalue weighted by atomic mass is 79.9. The van der Waals surface area contributed by atoms with E-state index in [2.05, 4.69) is 26.6 Å². The Labute approximate surface area is 201 Å². The molecule has 1 saturated heterocycles. The number of sulfonamides is 1. The number of nitrogens with zero attached hydrogens (tertiary/aromatic N) is 1. The third-order valence-electron chi connectivity index (χ3n) is 5.96. The molecule has 0 unspecified atom stereocenters. The van der Waals surface area contributed by atoms with Gasteiger partial charge in [0.15, 0.2) is 6.10 Å². The number of anilines is 2. The van der Waals surface area contributed by atoms with Crippen molar-refractivity contribution >= 4 is 49.1 Å². The number of carbonyl (C=O) groups is 2. The van der Waals surface area contributed by atoms with E-state index in [1.807, 2.05) is 25.1 Å². The first kappa shape index (κ1) is 23.7. The number of amides is 2. The number of nitrogens with one attached hydrogen (secondary N) is 2. The summed E-state index contributed by atoms with van der Waals surface area (Å²) in [5, 5.41) is 5.65. The molecule has 2 aliphatic rings. The number of halogens is 1. The van der Waals surface area contributed by atoms with Crippen molar-refractivity contribution in [2.75, 3.05) is 23.7 Å². The SMILES string of the molecule is Cc1ccc(NC(=O)[C@H]2CCCN(S(=O)(=O)c3cc4c(cc3C)NC(=O)[C@H](C)O4)C2)c(Br)c1. The molecule has 0 aliphatic carbocycles. The maximum absolute atomic E-state index is 13.5. The third kappa shape index (κ3) is 4.78. The second-order valence-electron chi connectivity index (χ2n) is 8.54. The van der Waals surface area contributed by atoms with Crippen LogP contribution in [0.2, 0.25) is 0 Å². The Morgan fingerprint density at radius 1 is 1.24 bits per heavy atom. The standard InChI is InChI=1S/C23H26BrN3O5S/c1-13-6-7-18(17(24)9-13)25-23(29)16-5-4-8-27(12-16)33(30,31)21-11-20-19(10-14(21)2)26-22(28)15(3)32-20/h6-7,9-11,15-16H,4-5,8,12H2,1-3H3,(H,25,29)(H,26,28)/t15-,16-/m0/s1. The van der Waals surface area contributed by atoms with Gasteiger partial charge in [-0.1, -0.05) is 6.07 Å². The number of carbonyl (C=O) groups excluding carboxylic acids is 2. The van der Waals surface area contributed by atoms with Gasteiger partial charge in [0, 0.05) is 23.6 Å². The Morgan fingerprint density at radius 2 is 2.00 bits per heavy atom. The first-order chi connectivity index (χ1) is 15.6. The predicted molar refractivity (Wildman–Crippen MR) is 129 cm³/mol. The van der Waals surface area contributed by atoms with Crippen LogP contribution >= 0.6 is 15.9 Å². The minimum atomic E-state index is -3.86. The first-order valence-electron chi connectivity index (χ1n) is 10.8. The first-order valence-corrected chi connectivity index (χ1v) is 13.0. The lowest BCUT2D eigenvalue weighted by atomic mass is 9.98. The van der Waals surface area contributed by atoms with Crippen LogP contribution in [0.4, 0.5) is 11.4 Å². The van der Waals surface area contributed by atoms with E-state index in [-0.39, 0.29) is 23.3 Å². The molecule has 2 aliphatic heterocycles. The summed E-state index contributed by atoms with van der Waals surface area (Å²) in [5.41, 5.74) is 2.68. The van der Waals surface area contributed by atoms with Gasteiger partial charge in [0.1, 0.15) is 5.75 Å². The summed E-state index contributed by atoms with van der Waals surface area (Å²) >= 11 is 3.46. The van der Waals surface area contributed by atoms with Crippen molar-refractivity contribution in [3.63, 3.8) is 0 Å². The van der Waals surface area contributed by atoms with Crippen molar-refractivity contribution in [1.29, 1.82) is 0 Å². The van der Waals surface area contributed by atoms with Gasteiger partial charge >= 0.3 is 0 Å².